The molecule has 0 unspecified atom stereocenters. The molecule has 3 aromatic carbocycles. The standard InChI is InChI=1S/C25H26N2O6S/c1-4-32-19-10-12-20(13-11-19)34(30,31)27-23-8-6-5-7-21(23)25(29)33-16-24(28)26-22-14-9-17(2)15-18(22)3/h5-15,27H,4,16H2,1-3H3,(H,26,28). The molecule has 2 N–H and O–H groups in total. The summed E-state index contributed by atoms with van der Waals surface area (Å²) in [4.78, 5) is 24.9. The van der Waals surface area contributed by atoms with Gasteiger partial charge in [0.2, 0.25) is 0 Å². The number of aryl methyl sites for hydroxylation is 2. The molecule has 3 aromatic rings. The van der Waals surface area contributed by atoms with E-state index in [4.69, 9.17) is 9.47 Å². The molecular formula is C25H26N2O6S. The van der Waals surface area contributed by atoms with Gasteiger partial charge in [-0.1, -0.05) is 29.8 Å². The molecular weight excluding hydrogens is 456 g/mol. The van der Waals surface area contributed by atoms with Gasteiger partial charge < -0.3 is 14.8 Å². The third kappa shape index (κ3) is 6.35. The number of benzene rings is 3. The van der Waals surface area contributed by atoms with Crippen LogP contribution in [0.15, 0.2) is 71.6 Å². The van der Waals surface area contributed by atoms with Gasteiger partial charge in [-0.15, -0.1) is 0 Å². The molecule has 0 saturated heterocycles. The van der Waals surface area contributed by atoms with Crippen molar-refractivity contribution in [2.75, 3.05) is 23.3 Å². The average molecular weight is 483 g/mol. The lowest BCUT2D eigenvalue weighted by molar-refractivity contribution is -0.119. The lowest BCUT2D eigenvalue weighted by atomic mass is 10.1. The van der Waals surface area contributed by atoms with E-state index in [1.54, 1.807) is 30.3 Å². The number of esters is 1. The van der Waals surface area contributed by atoms with Crippen LogP contribution in [0.25, 0.3) is 0 Å². The Morgan fingerprint density at radius 2 is 1.62 bits per heavy atom. The zero-order valence-electron chi connectivity index (χ0n) is 19.1. The monoisotopic (exact) mass is 482 g/mol. The van der Waals surface area contributed by atoms with Crippen LogP contribution >= 0.6 is 0 Å². The Labute approximate surface area is 199 Å². The Bertz CT molecular complexity index is 1290. The molecule has 0 spiro atoms. The molecule has 8 nitrogen and oxygen atoms in total. The van der Waals surface area contributed by atoms with Crippen LogP contribution in [0.5, 0.6) is 5.75 Å². The molecule has 0 atom stereocenters. The molecule has 0 aliphatic rings. The van der Waals surface area contributed by atoms with E-state index >= 15 is 0 Å². The summed E-state index contributed by atoms with van der Waals surface area (Å²) in [6.45, 7) is 5.58. The molecule has 9 heteroatoms. The van der Waals surface area contributed by atoms with Crippen LogP contribution in [-0.4, -0.2) is 33.5 Å². The van der Waals surface area contributed by atoms with Crippen LogP contribution in [0.4, 0.5) is 11.4 Å². The summed E-state index contributed by atoms with van der Waals surface area (Å²) in [5.41, 5.74) is 2.59. The maximum Gasteiger partial charge on any atom is 0.340 e. The number of hydrogen-bond acceptors (Lipinski definition) is 6. The molecule has 178 valence electrons. The highest BCUT2D eigenvalue weighted by atomic mass is 32.2. The van der Waals surface area contributed by atoms with Gasteiger partial charge in [-0.3, -0.25) is 9.52 Å². The fourth-order valence-electron chi connectivity index (χ4n) is 3.18. The van der Waals surface area contributed by atoms with Gasteiger partial charge in [0.25, 0.3) is 15.9 Å². The van der Waals surface area contributed by atoms with E-state index in [1.165, 1.54) is 24.3 Å². The second kappa shape index (κ2) is 10.8. The molecule has 0 aromatic heterocycles. The van der Waals surface area contributed by atoms with E-state index in [-0.39, 0.29) is 16.1 Å². The number of carbonyl (C=O) groups is 2. The topological polar surface area (TPSA) is 111 Å². The van der Waals surface area contributed by atoms with Crippen LogP contribution in [0, 0.1) is 13.8 Å². The smallest absolute Gasteiger partial charge is 0.340 e. The Kier molecular flexibility index (Phi) is 7.91. The van der Waals surface area contributed by atoms with E-state index in [0.717, 1.165) is 11.1 Å². The Morgan fingerprint density at radius 1 is 0.912 bits per heavy atom. The molecule has 0 saturated carbocycles. The minimum absolute atomic E-state index is 0.00645. The van der Waals surface area contributed by atoms with Gasteiger partial charge in [0.05, 0.1) is 22.8 Å². The number of sulfonamides is 1. The minimum Gasteiger partial charge on any atom is -0.494 e. The number of anilines is 2. The molecule has 1 amide bonds. The van der Waals surface area contributed by atoms with Gasteiger partial charge in [0, 0.05) is 5.69 Å². The van der Waals surface area contributed by atoms with Crippen molar-refractivity contribution in [1.82, 2.24) is 0 Å². The molecule has 0 aliphatic carbocycles. The first-order valence-electron chi connectivity index (χ1n) is 10.6. The first kappa shape index (κ1) is 24.8. The highest BCUT2D eigenvalue weighted by Crippen LogP contribution is 2.23. The van der Waals surface area contributed by atoms with Crippen LogP contribution in [0.1, 0.15) is 28.4 Å². The minimum atomic E-state index is -3.97. The van der Waals surface area contributed by atoms with Gasteiger partial charge in [-0.25, -0.2) is 13.2 Å². The second-order valence-corrected chi connectivity index (χ2v) is 9.18. The zero-order chi connectivity index (χ0) is 24.7. The predicted octanol–water partition coefficient (Wildman–Crippen LogP) is 4.30. The van der Waals surface area contributed by atoms with Gasteiger partial charge in [0.15, 0.2) is 6.61 Å². The van der Waals surface area contributed by atoms with Crippen molar-refractivity contribution >= 4 is 33.3 Å². The summed E-state index contributed by atoms with van der Waals surface area (Å²) in [6.07, 6.45) is 0. The first-order chi connectivity index (χ1) is 16.2. The Hall–Kier alpha value is -3.85. The lowest BCUT2D eigenvalue weighted by Crippen LogP contribution is -2.22. The number of nitrogens with one attached hydrogen (secondary N) is 2. The number of ether oxygens (including phenoxy) is 2. The molecule has 0 fully saturated rings. The third-order valence-electron chi connectivity index (χ3n) is 4.83. The van der Waals surface area contributed by atoms with Gasteiger partial charge >= 0.3 is 5.97 Å². The van der Waals surface area contributed by atoms with Gasteiger partial charge in [0.1, 0.15) is 5.75 Å². The summed E-state index contributed by atoms with van der Waals surface area (Å²) in [5.74, 6) is -0.793. The van der Waals surface area contributed by atoms with Crippen molar-refractivity contribution in [3.63, 3.8) is 0 Å². The van der Waals surface area contributed by atoms with Crippen LogP contribution < -0.4 is 14.8 Å². The molecule has 0 aliphatic heterocycles. The highest BCUT2D eigenvalue weighted by Gasteiger charge is 2.20. The van der Waals surface area contributed by atoms with E-state index in [9.17, 15) is 18.0 Å². The Morgan fingerprint density at radius 3 is 2.29 bits per heavy atom. The number of carbonyl (C=O) groups excluding carboxylic acids is 2. The summed E-state index contributed by atoms with van der Waals surface area (Å²) in [5, 5.41) is 2.69. The molecule has 0 heterocycles. The van der Waals surface area contributed by atoms with Crippen LogP contribution in [0.3, 0.4) is 0 Å². The van der Waals surface area contributed by atoms with E-state index in [2.05, 4.69) is 10.0 Å². The Balaban J connectivity index is 1.68. The van der Waals surface area contributed by atoms with Crippen LogP contribution in [-0.2, 0) is 19.6 Å². The molecule has 3 rings (SSSR count). The molecule has 34 heavy (non-hydrogen) atoms. The predicted molar refractivity (Wildman–Crippen MR) is 130 cm³/mol. The normalized spacial score (nSPS) is 10.9. The second-order valence-electron chi connectivity index (χ2n) is 7.50. The number of rotatable bonds is 9. The maximum atomic E-state index is 12.8. The summed E-state index contributed by atoms with van der Waals surface area (Å²) in [7, 11) is -3.97. The fraction of sp³-hybridized carbons (Fsp3) is 0.200. The molecule has 0 radical (unpaired) electrons. The average Bonchev–Trinajstić information content (AvgIpc) is 2.80. The zero-order valence-corrected chi connectivity index (χ0v) is 19.9. The fourth-order valence-corrected chi connectivity index (χ4v) is 4.26. The molecule has 0 bridgehead atoms. The largest absolute Gasteiger partial charge is 0.494 e. The van der Waals surface area contributed by atoms with Crippen molar-refractivity contribution in [3.8, 4) is 5.75 Å². The quantitative estimate of drug-likeness (QED) is 0.440. The van der Waals surface area contributed by atoms with Gasteiger partial charge in [-0.2, -0.15) is 0 Å². The van der Waals surface area contributed by atoms with Crippen molar-refractivity contribution in [2.24, 2.45) is 0 Å². The van der Waals surface area contributed by atoms with E-state index < -0.39 is 28.5 Å². The SMILES string of the molecule is CCOc1ccc(S(=O)(=O)Nc2ccccc2C(=O)OCC(=O)Nc2ccc(C)cc2C)cc1. The third-order valence-corrected chi connectivity index (χ3v) is 6.21. The van der Waals surface area contributed by atoms with Crippen molar-refractivity contribution in [2.45, 2.75) is 25.7 Å². The van der Waals surface area contributed by atoms with Crippen molar-refractivity contribution < 1.29 is 27.5 Å². The maximum absolute atomic E-state index is 12.8. The lowest BCUT2D eigenvalue weighted by Gasteiger charge is -2.13. The van der Waals surface area contributed by atoms with Crippen LogP contribution in [0.2, 0.25) is 0 Å². The summed E-state index contributed by atoms with van der Waals surface area (Å²) in [6, 6.07) is 17.5. The summed E-state index contributed by atoms with van der Waals surface area (Å²) >= 11 is 0. The van der Waals surface area contributed by atoms with Gasteiger partial charge in [-0.05, 0) is 68.8 Å². The first-order valence-corrected chi connectivity index (χ1v) is 12.1. The van der Waals surface area contributed by atoms with E-state index in [1.807, 2.05) is 32.9 Å². The summed E-state index contributed by atoms with van der Waals surface area (Å²) < 4.78 is 38.5. The van der Waals surface area contributed by atoms with E-state index in [0.29, 0.717) is 18.0 Å². The number of para-hydroxylation sites is 1. The number of hydrogen-bond donors (Lipinski definition) is 2. The number of amides is 1. The highest BCUT2D eigenvalue weighted by molar-refractivity contribution is 7.92. The van der Waals surface area contributed by atoms with Crippen molar-refractivity contribution in [1.29, 1.82) is 0 Å². The van der Waals surface area contributed by atoms with Crippen molar-refractivity contribution in [3.05, 3.63) is 83.4 Å².